The summed E-state index contributed by atoms with van der Waals surface area (Å²) in [4.78, 5) is 37.2. The van der Waals surface area contributed by atoms with Crippen molar-refractivity contribution in [3.05, 3.63) is 99.6 Å². The third kappa shape index (κ3) is 6.93. The smallest absolute Gasteiger partial charge is 0.331 e. The van der Waals surface area contributed by atoms with Crippen molar-refractivity contribution in [2.24, 2.45) is 0 Å². The molecule has 40 heavy (non-hydrogen) atoms. The Morgan fingerprint density at radius 2 is 1.55 bits per heavy atom. The molecule has 0 saturated heterocycles. The van der Waals surface area contributed by atoms with Crippen LogP contribution in [0.15, 0.2) is 72.8 Å². The first kappa shape index (κ1) is 29.0. The number of fused-ring (bicyclic) bond motifs is 3. The summed E-state index contributed by atoms with van der Waals surface area (Å²) >= 11 is 0. The molecule has 2 N–H and O–H groups in total. The van der Waals surface area contributed by atoms with Crippen LogP contribution in [0.2, 0.25) is 0 Å². The monoisotopic (exact) mass is 544 g/mol. The average Bonchev–Trinajstić information content (AvgIpc) is 3.28. The molecule has 0 aliphatic heterocycles. The van der Waals surface area contributed by atoms with Crippen molar-refractivity contribution in [2.45, 2.75) is 69.9 Å². The number of nitrogens with one attached hydrogen (secondary N) is 1. The zero-order chi connectivity index (χ0) is 28.5. The lowest BCUT2D eigenvalue weighted by Crippen LogP contribution is -2.46. The van der Waals surface area contributed by atoms with Crippen molar-refractivity contribution in [1.82, 2.24) is 5.32 Å². The minimum Gasteiger partial charge on any atom is -0.464 e. The number of aliphatic hydroxyl groups is 1. The minimum atomic E-state index is -1.52. The molecule has 0 bridgehead atoms. The van der Waals surface area contributed by atoms with E-state index in [9.17, 15) is 24.8 Å². The number of non-ortho nitro benzene ring substituents is 1. The van der Waals surface area contributed by atoms with Crippen molar-refractivity contribution in [3.63, 3.8) is 0 Å². The summed E-state index contributed by atoms with van der Waals surface area (Å²) in [5.41, 5.74) is 4.12. The van der Waals surface area contributed by atoms with Gasteiger partial charge in [0.15, 0.2) is 6.04 Å². The Hall–Kier alpha value is -4.04. The second-order valence-corrected chi connectivity index (χ2v) is 10.2. The van der Waals surface area contributed by atoms with Crippen LogP contribution >= 0.6 is 0 Å². The largest absolute Gasteiger partial charge is 0.464 e. The van der Waals surface area contributed by atoms with E-state index in [2.05, 4.69) is 12.2 Å². The van der Waals surface area contributed by atoms with Gasteiger partial charge in [-0.3, -0.25) is 14.9 Å². The lowest BCUT2D eigenvalue weighted by Gasteiger charge is -2.24. The molecule has 3 aromatic rings. The van der Waals surface area contributed by atoms with Gasteiger partial charge in [0.2, 0.25) is 5.91 Å². The molecule has 8 nitrogen and oxygen atoms in total. The number of hydrogen-bond donors (Lipinski definition) is 2. The lowest BCUT2D eigenvalue weighted by atomic mass is 9.93. The number of aliphatic hydroxyl groups excluding tert-OH is 1. The van der Waals surface area contributed by atoms with Crippen LogP contribution < -0.4 is 5.32 Å². The highest BCUT2D eigenvalue weighted by Crippen LogP contribution is 2.46. The summed E-state index contributed by atoms with van der Waals surface area (Å²) in [5.74, 6) is -1.40. The molecular formula is C32H36N2O6. The first-order valence-corrected chi connectivity index (χ1v) is 14.0. The molecule has 0 fully saturated rings. The Balaban J connectivity index is 1.49. The molecule has 0 saturated carbocycles. The van der Waals surface area contributed by atoms with E-state index in [1.807, 2.05) is 48.5 Å². The van der Waals surface area contributed by atoms with Crippen LogP contribution in [0, 0.1) is 10.1 Å². The zero-order valence-electron chi connectivity index (χ0n) is 22.8. The number of nitrogens with zero attached hydrogens (tertiary/aromatic N) is 1. The minimum absolute atomic E-state index is 0.0664. The van der Waals surface area contributed by atoms with Gasteiger partial charge in [-0.2, -0.15) is 0 Å². The van der Waals surface area contributed by atoms with Gasteiger partial charge in [0.05, 0.1) is 11.5 Å². The third-order valence-corrected chi connectivity index (χ3v) is 7.40. The maximum absolute atomic E-state index is 13.4. The van der Waals surface area contributed by atoms with Crippen molar-refractivity contribution < 1.29 is 24.4 Å². The molecule has 210 valence electrons. The fourth-order valence-electron chi connectivity index (χ4n) is 5.32. The number of carbonyl (C=O) groups excluding carboxylic acids is 2. The number of ether oxygens (including phenoxy) is 1. The molecule has 4 rings (SSSR count). The molecule has 0 radical (unpaired) electrons. The standard InChI is InChI=1S/C32H36N2O6/c1-2-3-4-5-6-11-19-40-32(37)30(31(36)22-13-12-14-23(20-22)34(38)39)33-29(35)21-28-26-17-9-7-15-24(26)25-16-8-10-18-27(25)28/h7-10,12-18,20,28,30-31,36H,2-6,11,19,21H2,1H3,(H,33,35)/t30-,31-/m0/s1. The summed E-state index contributed by atoms with van der Waals surface area (Å²) in [6.45, 7) is 2.31. The van der Waals surface area contributed by atoms with E-state index in [0.29, 0.717) is 6.42 Å². The summed E-state index contributed by atoms with van der Waals surface area (Å²) in [5, 5.41) is 25.1. The highest BCUT2D eigenvalue weighted by Gasteiger charge is 2.35. The topological polar surface area (TPSA) is 119 Å². The third-order valence-electron chi connectivity index (χ3n) is 7.40. The van der Waals surface area contributed by atoms with Gasteiger partial charge in [0, 0.05) is 24.5 Å². The summed E-state index contributed by atoms with van der Waals surface area (Å²) in [6, 6.07) is 19.9. The predicted molar refractivity (Wildman–Crippen MR) is 153 cm³/mol. The van der Waals surface area contributed by atoms with Crippen molar-refractivity contribution >= 4 is 17.6 Å². The number of hydrogen-bond acceptors (Lipinski definition) is 6. The summed E-state index contributed by atoms with van der Waals surface area (Å²) in [6.07, 6.45) is 4.62. The number of unbranched alkanes of at least 4 members (excludes halogenated alkanes) is 5. The van der Waals surface area contributed by atoms with E-state index in [4.69, 9.17) is 4.74 Å². The first-order chi connectivity index (χ1) is 19.4. The fraction of sp³-hybridized carbons (Fsp3) is 0.375. The van der Waals surface area contributed by atoms with Crippen molar-refractivity contribution in [3.8, 4) is 11.1 Å². The molecular weight excluding hydrogens is 508 g/mol. The number of esters is 1. The highest BCUT2D eigenvalue weighted by atomic mass is 16.6. The SMILES string of the molecule is CCCCCCCCOC(=O)[C@@H](NC(=O)CC1c2ccccc2-c2ccccc21)[C@@H](O)c1cccc([N+](=O)[O-])c1. The Labute approximate surface area is 234 Å². The number of nitro groups is 1. The van der Waals surface area contributed by atoms with E-state index >= 15 is 0 Å². The number of carbonyl (C=O) groups is 2. The van der Waals surface area contributed by atoms with Crippen molar-refractivity contribution in [1.29, 1.82) is 0 Å². The van der Waals surface area contributed by atoms with Gasteiger partial charge in [0.1, 0.15) is 6.10 Å². The van der Waals surface area contributed by atoms with Crippen LogP contribution in [0.3, 0.4) is 0 Å². The quantitative estimate of drug-likeness (QED) is 0.108. The molecule has 2 atom stereocenters. The van der Waals surface area contributed by atoms with Gasteiger partial charge >= 0.3 is 5.97 Å². The van der Waals surface area contributed by atoms with E-state index < -0.39 is 28.9 Å². The molecule has 3 aromatic carbocycles. The lowest BCUT2D eigenvalue weighted by molar-refractivity contribution is -0.385. The van der Waals surface area contributed by atoms with E-state index in [0.717, 1.165) is 47.9 Å². The van der Waals surface area contributed by atoms with E-state index in [-0.39, 0.29) is 30.2 Å². The van der Waals surface area contributed by atoms with Gasteiger partial charge < -0.3 is 15.2 Å². The van der Waals surface area contributed by atoms with Crippen LogP contribution in [0.4, 0.5) is 5.69 Å². The second kappa shape index (κ2) is 13.8. The van der Waals surface area contributed by atoms with Crippen LogP contribution in [0.25, 0.3) is 11.1 Å². The van der Waals surface area contributed by atoms with Gasteiger partial charge in [-0.15, -0.1) is 0 Å². The molecule has 1 aliphatic carbocycles. The Kier molecular flexibility index (Phi) is 10.0. The average molecular weight is 545 g/mol. The fourth-order valence-corrected chi connectivity index (χ4v) is 5.32. The van der Waals surface area contributed by atoms with E-state index in [1.54, 1.807) is 0 Å². The second-order valence-electron chi connectivity index (χ2n) is 10.2. The number of rotatable bonds is 14. The Morgan fingerprint density at radius 3 is 2.20 bits per heavy atom. The zero-order valence-corrected chi connectivity index (χ0v) is 22.8. The first-order valence-electron chi connectivity index (χ1n) is 14.0. The van der Waals surface area contributed by atoms with Gasteiger partial charge in [0.25, 0.3) is 5.69 Å². The molecule has 0 spiro atoms. The normalized spacial score (nSPS) is 13.7. The maximum atomic E-state index is 13.4. The molecule has 0 aromatic heterocycles. The molecule has 1 amide bonds. The van der Waals surface area contributed by atoms with Crippen LogP contribution in [0.5, 0.6) is 0 Å². The Morgan fingerprint density at radius 1 is 0.925 bits per heavy atom. The maximum Gasteiger partial charge on any atom is 0.331 e. The number of benzene rings is 3. The molecule has 0 heterocycles. The van der Waals surface area contributed by atoms with Crippen LogP contribution in [-0.2, 0) is 14.3 Å². The highest BCUT2D eigenvalue weighted by molar-refractivity contribution is 5.88. The van der Waals surface area contributed by atoms with Gasteiger partial charge in [-0.05, 0) is 34.2 Å². The van der Waals surface area contributed by atoms with Gasteiger partial charge in [-0.1, -0.05) is 99.7 Å². The number of amides is 1. The molecule has 0 unspecified atom stereocenters. The summed E-state index contributed by atoms with van der Waals surface area (Å²) in [7, 11) is 0. The van der Waals surface area contributed by atoms with E-state index in [1.165, 1.54) is 30.7 Å². The molecule has 8 heteroatoms. The number of nitro benzene ring substituents is 1. The van der Waals surface area contributed by atoms with Crippen molar-refractivity contribution in [2.75, 3.05) is 6.61 Å². The Bertz CT molecular complexity index is 1290. The van der Waals surface area contributed by atoms with Crippen LogP contribution in [-0.4, -0.2) is 34.6 Å². The summed E-state index contributed by atoms with van der Waals surface area (Å²) < 4.78 is 5.47. The molecule has 1 aliphatic rings. The van der Waals surface area contributed by atoms with Gasteiger partial charge in [-0.25, -0.2) is 4.79 Å². The predicted octanol–water partition coefficient (Wildman–Crippen LogP) is 6.22. The van der Waals surface area contributed by atoms with Crippen LogP contribution in [0.1, 0.15) is 80.6 Å².